The molecule has 2 aliphatic heterocycles. The van der Waals surface area contributed by atoms with Gasteiger partial charge in [-0.25, -0.2) is 0 Å². The average molecular weight is 185 g/mol. The Balaban J connectivity index is 1.81. The van der Waals surface area contributed by atoms with Crippen LogP contribution in [0.4, 0.5) is 0 Å². The fraction of sp³-hybridized carbons (Fsp3) is 1.00. The highest BCUT2D eigenvalue weighted by Crippen LogP contribution is 2.27. The van der Waals surface area contributed by atoms with Crippen molar-refractivity contribution >= 4 is 0 Å². The lowest BCUT2D eigenvalue weighted by atomic mass is 9.88. The van der Waals surface area contributed by atoms with Crippen LogP contribution in [0.3, 0.4) is 0 Å². The Hall–Kier alpha value is -0.120. The molecule has 0 aromatic carbocycles. The first kappa shape index (κ1) is 9.44. The number of hydrogen-bond acceptors (Lipinski definition) is 3. The minimum Gasteiger partial charge on any atom is -0.390 e. The Labute approximate surface area is 79.7 Å². The largest absolute Gasteiger partial charge is 0.390 e. The molecule has 0 aromatic heterocycles. The van der Waals surface area contributed by atoms with E-state index in [4.69, 9.17) is 4.74 Å². The van der Waals surface area contributed by atoms with Gasteiger partial charge in [0.25, 0.3) is 0 Å². The van der Waals surface area contributed by atoms with E-state index in [-0.39, 0.29) is 5.60 Å². The molecular formula is C10H19NO2. The van der Waals surface area contributed by atoms with Gasteiger partial charge in [0.05, 0.1) is 24.9 Å². The Morgan fingerprint density at radius 3 is 2.38 bits per heavy atom. The Bertz CT molecular complexity index is 172. The van der Waals surface area contributed by atoms with E-state index in [9.17, 15) is 5.11 Å². The Kier molecular flexibility index (Phi) is 2.58. The first-order chi connectivity index (χ1) is 6.23. The number of aliphatic hydroxyl groups is 1. The fourth-order valence-corrected chi connectivity index (χ4v) is 2.09. The number of nitrogens with zero attached hydrogens (tertiary/aromatic N) is 1. The standard InChI is InChI=1S/C10H19NO2/c1-2-10(12)3-5-11(6-4-10)9-7-13-8-9/h9,12H,2-8H2,1H3. The van der Waals surface area contributed by atoms with Crippen molar-refractivity contribution in [1.29, 1.82) is 0 Å². The second kappa shape index (κ2) is 3.56. The predicted molar refractivity (Wildman–Crippen MR) is 50.7 cm³/mol. The van der Waals surface area contributed by atoms with Gasteiger partial charge in [-0.3, -0.25) is 4.90 Å². The number of hydrogen-bond donors (Lipinski definition) is 1. The van der Waals surface area contributed by atoms with Crippen molar-refractivity contribution in [2.75, 3.05) is 26.3 Å². The summed E-state index contributed by atoms with van der Waals surface area (Å²) in [4.78, 5) is 2.45. The third-order valence-electron chi connectivity index (χ3n) is 3.52. The second-order valence-corrected chi connectivity index (χ2v) is 4.31. The van der Waals surface area contributed by atoms with Crippen LogP contribution in [0.5, 0.6) is 0 Å². The van der Waals surface area contributed by atoms with Gasteiger partial charge in [-0.05, 0) is 19.3 Å². The third-order valence-corrected chi connectivity index (χ3v) is 3.52. The molecule has 0 aromatic rings. The van der Waals surface area contributed by atoms with Gasteiger partial charge in [-0.2, -0.15) is 0 Å². The summed E-state index contributed by atoms with van der Waals surface area (Å²) in [5, 5.41) is 10.0. The molecule has 1 N–H and O–H groups in total. The average Bonchev–Trinajstić information content (AvgIpc) is 2.06. The topological polar surface area (TPSA) is 32.7 Å². The summed E-state index contributed by atoms with van der Waals surface area (Å²) in [6.45, 7) is 5.94. The van der Waals surface area contributed by atoms with Crippen molar-refractivity contribution in [3.63, 3.8) is 0 Å². The number of likely N-dealkylation sites (tertiary alicyclic amines) is 1. The molecule has 2 saturated heterocycles. The van der Waals surface area contributed by atoms with E-state index in [0.29, 0.717) is 6.04 Å². The molecule has 0 unspecified atom stereocenters. The molecular weight excluding hydrogens is 166 g/mol. The molecule has 76 valence electrons. The fourth-order valence-electron chi connectivity index (χ4n) is 2.09. The summed E-state index contributed by atoms with van der Waals surface area (Å²) in [6.07, 6.45) is 2.75. The van der Waals surface area contributed by atoms with E-state index in [1.807, 2.05) is 0 Å². The summed E-state index contributed by atoms with van der Waals surface area (Å²) in [6, 6.07) is 0.640. The molecule has 2 fully saturated rings. The van der Waals surface area contributed by atoms with Gasteiger partial charge in [0.1, 0.15) is 0 Å². The molecule has 13 heavy (non-hydrogen) atoms. The Morgan fingerprint density at radius 1 is 1.38 bits per heavy atom. The molecule has 0 saturated carbocycles. The van der Waals surface area contributed by atoms with E-state index in [0.717, 1.165) is 45.6 Å². The van der Waals surface area contributed by atoms with Crippen LogP contribution in [0.2, 0.25) is 0 Å². The minimum atomic E-state index is -0.374. The van der Waals surface area contributed by atoms with Crippen LogP contribution in [-0.2, 0) is 4.74 Å². The first-order valence-corrected chi connectivity index (χ1v) is 5.28. The molecule has 0 spiro atoms. The van der Waals surface area contributed by atoms with Gasteiger partial charge >= 0.3 is 0 Å². The molecule has 2 rings (SSSR count). The summed E-state index contributed by atoms with van der Waals surface area (Å²) in [5.74, 6) is 0. The van der Waals surface area contributed by atoms with Crippen molar-refractivity contribution in [2.24, 2.45) is 0 Å². The van der Waals surface area contributed by atoms with E-state index < -0.39 is 0 Å². The van der Waals surface area contributed by atoms with Crippen LogP contribution in [-0.4, -0.2) is 48.0 Å². The molecule has 2 heterocycles. The van der Waals surface area contributed by atoms with Gasteiger partial charge < -0.3 is 9.84 Å². The van der Waals surface area contributed by atoms with Crippen LogP contribution >= 0.6 is 0 Å². The summed E-state index contributed by atoms with van der Waals surface area (Å²) in [5.41, 5.74) is -0.374. The highest BCUT2D eigenvalue weighted by molar-refractivity contribution is 4.88. The van der Waals surface area contributed by atoms with Gasteiger partial charge in [0, 0.05) is 13.1 Å². The van der Waals surface area contributed by atoms with E-state index in [2.05, 4.69) is 11.8 Å². The van der Waals surface area contributed by atoms with E-state index >= 15 is 0 Å². The van der Waals surface area contributed by atoms with Crippen molar-refractivity contribution in [3.8, 4) is 0 Å². The van der Waals surface area contributed by atoms with Crippen LogP contribution in [0.25, 0.3) is 0 Å². The molecule has 0 aliphatic carbocycles. The van der Waals surface area contributed by atoms with Crippen LogP contribution in [0, 0.1) is 0 Å². The summed E-state index contributed by atoms with van der Waals surface area (Å²) >= 11 is 0. The highest BCUT2D eigenvalue weighted by Gasteiger charge is 2.35. The summed E-state index contributed by atoms with van der Waals surface area (Å²) in [7, 11) is 0. The molecule has 0 bridgehead atoms. The van der Waals surface area contributed by atoms with Crippen LogP contribution in [0.1, 0.15) is 26.2 Å². The maximum Gasteiger partial charge on any atom is 0.0669 e. The van der Waals surface area contributed by atoms with E-state index in [1.54, 1.807) is 0 Å². The van der Waals surface area contributed by atoms with Gasteiger partial charge in [-0.1, -0.05) is 6.92 Å². The van der Waals surface area contributed by atoms with Crippen molar-refractivity contribution in [2.45, 2.75) is 37.8 Å². The molecule has 2 aliphatic rings. The predicted octanol–water partition coefficient (Wildman–Crippen LogP) is 0.622. The van der Waals surface area contributed by atoms with Gasteiger partial charge in [0.15, 0.2) is 0 Å². The second-order valence-electron chi connectivity index (χ2n) is 4.31. The molecule has 0 radical (unpaired) electrons. The molecule has 3 nitrogen and oxygen atoms in total. The Morgan fingerprint density at radius 2 is 2.00 bits per heavy atom. The SMILES string of the molecule is CCC1(O)CCN(C2COC2)CC1. The number of ether oxygens (including phenoxy) is 1. The minimum absolute atomic E-state index is 0.374. The van der Waals surface area contributed by atoms with Crippen molar-refractivity contribution < 1.29 is 9.84 Å². The van der Waals surface area contributed by atoms with Crippen LogP contribution in [0.15, 0.2) is 0 Å². The summed E-state index contributed by atoms with van der Waals surface area (Å²) < 4.78 is 5.16. The zero-order valence-corrected chi connectivity index (χ0v) is 8.33. The quantitative estimate of drug-likeness (QED) is 0.684. The number of rotatable bonds is 2. The molecule has 3 heteroatoms. The van der Waals surface area contributed by atoms with Gasteiger partial charge in [-0.15, -0.1) is 0 Å². The first-order valence-electron chi connectivity index (χ1n) is 5.28. The zero-order valence-electron chi connectivity index (χ0n) is 8.33. The van der Waals surface area contributed by atoms with Gasteiger partial charge in [0.2, 0.25) is 0 Å². The number of piperidine rings is 1. The third kappa shape index (κ3) is 1.87. The van der Waals surface area contributed by atoms with Crippen molar-refractivity contribution in [3.05, 3.63) is 0 Å². The monoisotopic (exact) mass is 185 g/mol. The highest BCUT2D eigenvalue weighted by atomic mass is 16.5. The smallest absolute Gasteiger partial charge is 0.0669 e. The lowest BCUT2D eigenvalue weighted by Crippen LogP contribution is -2.54. The molecule has 0 amide bonds. The zero-order chi connectivity index (χ0) is 9.31. The van der Waals surface area contributed by atoms with E-state index in [1.165, 1.54) is 0 Å². The normalized spacial score (nSPS) is 30.0. The van der Waals surface area contributed by atoms with Crippen LogP contribution < -0.4 is 0 Å². The maximum atomic E-state index is 10.0. The lowest BCUT2D eigenvalue weighted by molar-refractivity contribution is -0.0995. The molecule has 0 atom stereocenters. The van der Waals surface area contributed by atoms with Crippen molar-refractivity contribution in [1.82, 2.24) is 4.90 Å². The lowest BCUT2D eigenvalue weighted by Gasteiger charge is -2.44. The maximum absolute atomic E-state index is 10.0.